The van der Waals surface area contributed by atoms with E-state index >= 15 is 0 Å². The molecule has 0 aliphatic heterocycles. The predicted molar refractivity (Wildman–Crippen MR) is 252 cm³/mol. The first-order chi connectivity index (χ1) is 28.8. The molecule has 0 unspecified atom stereocenters. The van der Waals surface area contributed by atoms with Crippen molar-refractivity contribution in [2.24, 2.45) is 0 Å². The number of hydrogen-bond donors (Lipinski definition) is 0. The van der Waals surface area contributed by atoms with Crippen molar-refractivity contribution in [3.63, 3.8) is 0 Å². The van der Waals surface area contributed by atoms with Gasteiger partial charge < -0.3 is 9.13 Å². The summed E-state index contributed by atoms with van der Waals surface area (Å²) in [4.78, 5) is 0. The highest BCUT2D eigenvalue weighted by Gasteiger charge is 2.21. The van der Waals surface area contributed by atoms with Gasteiger partial charge in [-0.3, -0.25) is 0 Å². The number of hydrogen-bond acceptors (Lipinski definition) is 2. The van der Waals surface area contributed by atoms with E-state index in [1.54, 1.807) is 0 Å². The Morgan fingerprint density at radius 1 is 0.276 bits per heavy atom. The SMILES string of the molecule is c1ccc(-c2cccc3c2c2cc(-c4ccc5c(c4)c4ccccc4n5-c4cccc5sc6ccccc6c45)ccc2n3-c2cccc3sc4ccccc4c23)cc1. The topological polar surface area (TPSA) is 9.86 Å². The Labute approximate surface area is 341 Å². The second-order valence-electron chi connectivity index (χ2n) is 15.2. The van der Waals surface area contributed by atoms with Crippen molar-refractivity contribution < 1.29 is 0 Å². The fraction of sp³-hybridized carbons (Fsp3) is 0. The van der Waals surface area contributed by atoms with Gasteiger partial charge in [-0.1, -0.05) is 121 Å². The molecule has 4 heteroatoms. The largest absolute Gasteiger partial charge is 0.309 e. The van der Waals surface area contributed by atoms with Gasteiger partial charge in [-0.15, -0.1) is 22.7 Å². The number of rotatable bonds is 4. The van der Waals surface area contributed by atoms with E-state index in [1.807, 2.05) is 22.7 Å². The van der Waals surface area contributed by atoms with Crippen LogP contribution in [0.25, 0.3) is 118 Å². The molecule has 0 aliphatic carbocycles. The minimum Gasteiger partial charge on any atom is -0.309 e. The lowest BCUT2D eigenvalue weighted by atomic mass is 9.97. The smallest absolute Gasteiger partial charge is 0.0555 e. The van der Waals surface area contributed by atoms with Crippen molar-refractivity contribution in [1.29, 1.82) is 0 Å². The Balaban J connectivity index is 1.07. The van der Waals surface area contributed by atoms with Gasteiger partial charge >= 0.3 is 0 Å². The van der Waals surface area contributed by atoms with Crippen molar-refractivity contribution >= 4 is 107 Å². The van der Waals surface area contributed by atoms with Crippen LogP contribution in [0.5, 0.6) is 0 Å². The van der Waals surface area contributed by atoms with Crippen LogP contribution in [-0.2, 0) is 0 Å². The van der Waals surface area contributed by atoms with Crippen LogP contribution in [0.2, 0.25) is 0 Å². The second-order valence-corrected chi connectivity index (χ2v) is 17.4. The molecule has 0 saturated carbocycles. The van der Waals surface area contributed by atoms with E-state index in [1.165, 1.54) is 118 Å². The summed E-state index contributed by atoms with van der Waals surface area (Å²) in [7, 11) is 0. The number of thiophene rings is 2. The molecule has 0 aliphatic rings. The molecular formula is C54H32N2S2. The lowest BCUT2D eigenvalue weighted by Crippen LogP contribution is -1.95. The molecule has 4 heterocycles. The van der Waals surface area contributed by atoms with Crippen LogP contribution >= 0.6 is 22.7 Å². The van der Waals surface area contributed by atoms with Gasteiger partial charge in [-0.25, -0.2) is 0 Å². The van der Waals surface area contributed by atoms with Crippen LogP contribution < -0.4 is 0 Å². The number of para-hydroxylation sites is 1. The monoisotopic (exact) mass is 772 g/mol. The molecule has 0 radical (unpaired) electrons. The fourth-order valence-electron chi connectivity index (χ4n) is 9.66. The lowest BCUT2D eigenvalue weighted by molar-refractivity contribution is 1.20. The third-order valence-corrected chi connectivity index (χ3v) is 14.4. The quantitative estimate of drug-likeness (QED) is 0.169. The molecule has 0 N–H and O–H groups in total. The first kappa shape index (κ1) is 32.1. The maximum Gasteiger partial charge on any atom is 0.0555 e. The van der Waals surface area contributed by atoms with Crippen LogP contribution in [0.1, 0.15) is 0 Å². The third kappa shape index (κ3) is 4.53. The summed E-state index contributed by atoms with van der Waals surface area (Å²) in [6, 6.07) is 71.9. The van der Waals surface area contributed by atoms with Gasteiger partial charge in [0.15, 0.2) is 0 Å². The van der Waals surface area contributed by atoms with Crippen molar-refractivity contribution in [3.05, 3.63) is 194 Å². The molecule has 4 aromatic heterocycles. The van der Waals surface area contributed by atoms with Crippen molar-refractivity contribution in [2.45, 2.75) is 0 Å². The minimum atomic E-state index is 1.21. The number of nitrogens with zero attached hydrogens (tertiary/aromatic N) is 2. The number of fused-ring (bicyclic) bond motifs is 12. The molecule has 0 saturated heterocycles. The summed E-state index contributed by atoms with van der Waals surface area (Å²) < 4.78 is 10.2. The maximum atomic E-state index is 2.51. The van der Waals surface area contributed by atoms with Gasteiger partial charge in [-0.05, 0) is 95.1 Å². The van der Waals surface area contributed by atoms with E-state index in [4.69, 9.17) is 0 Å². The highest BCUT2D eigenvalue weighted by molar-refractivity contribution is 7.26. The van der Waals surface area contributed by atoms with Crippen molar-refractivity contribution in [1.82, 2.24) is 9.13 Å². The second kappa shape index (κ2) is 12.3. The zero-order chi connectivity index (χ0) is 37.9. The first-order valence-corrected chi connectivity index (χ1v) is 21.4. The highest BCUT2D eigenvalue weighted by Crippen LogP contribution is 2.45. The van der Waals surface area contributed by atoms with Gasteiger partial charge in [0.2, 0.25) is 0 Å². The molecule has 2 nitrogen and oxygen atoms in total. The molecule has 0 fully saturated rings. The van der Waals surface area contributed by atoms with Crippen molar-refractivity contribution in [3.8, 4) is 33.6 Å². The Morgan fingerprint density at radius 2 is 0.759 bits per heavy atom. The van der Waals surface area contributed by atoms with E-state index < -0.39 is 0 Å². The van der Waals surface area contributed by atoms with E-state index in [0.29, 0.717) is 0 Å². The molecule has 0 spiro atoms. The highest BCUT2D eigenvalue weighted by atomic mass is 32.1. The third-order valence-electron chi connectivity index (χ3n) is 12.1. The summed E-state index contributed by atoms with van der Waals surface area (Å²) >= 11 is 3.74. The molecule has 9 aromatic carbocycles. The average Bonchev–Trinajstić information content (AvgIpc) is 4.04. The van der Waals surface area contributed by atoms with E-state index in [0.717, 1.165) is 0 Å². The van der Waals surface area contributed by atoms with Gasteiger partial charge in [0.05, 0.1) is 33.4 Å². The zero-order valence-electron chi connectivity index (χ0n) is 31.2. The Morgan fingerprint density at radius 3 is 1.43 bits per heavy atom. The summed E-state index contributed by atoms with van der Waals surface area (Å²) in [5.74, 6) is 0. The number of benzene rings is 9. The van der Waals surface area contributed by atoms with Crippen LogP contribution in [0.4, 0.5) is 0 Å². The van der Waals surface area contributed by atoms with E-state index in [-0.39, 0.29) is 0 Å². The molecule has 0 amide bonds. The summed E-state index contributed by atoms with van der Waals surface area (Å²) in [5, 5.41) is 10.3. The van der Waals surface area contributed by atoms with Crippen LogP contribution in [0.3, 0.4) is 0 Å². The Bertz CT molecular complexity index is 3800. The molecule has 270 valence electrons. The molecule has 0 bridgehead atoms. The minimum absolute atomic E-state index is 1.21. The summed E-state index contributed by atoms with van der Waals surface area (Å²) in [5.41, 5.74) is 12.2. The van der Waals surface area contributed by atoms with Crippen LogP contribution in [0, 0.1) is 0 Å². The standard InChI is InChI=1S/C54H32N2S2/c1-2-13-33(14-3-1)36-18-10-20-45-52(36)41-32-35(28-30-44(41)56(45)47-22-12-26-51-54(47)39-17-6-9-24-49(39)58-51)34-27-29-43-40(31-34)37-15-4-7-19-42(37)55(43)46-21-11-25-50-53(46)38-16-5-8-23-48(38)57-50/h1-32H. The van der Waals surface area contributed by atoms with Crippen LogP contribution in [-0.4, -0.2) is 9.13 Å². The van der Waals surface area contributed by atoms with Crippen molar-refractivity contribution in [2.75, 3.05) is 0 Å². The predicted octanol–water partition coefficient (Wildman–Crippen LogP) is 16.0. The Kier molecular flexibility index (Phi) is 6.79. The van der Waals surface area contributed by atoms with Crippen LogP contribution in [0.15, 0.2) is 194 Å². The molecule has 13 aromatic rings. The van der Waals surface area contributed by atoms with E-state index in [9.17, 15) is 0 Å². The lowest BCUT2D eigenvalue weighted by Gasteiger charge is -2.11. The first-order valence-electron chi connectivity index (χ1n) is 19.8. The average molecular weight is 773 g/mol. The molecule has 58 heavy (non-hydrogen) atoms. The van der Waals surface area contributed by atoms with Gasteiger partial charge in [-0.2, -0.15) is 0 Å². The van der Waals surface area contributed by atoms with Gasteiger partial charge in [0.25, 0.3) is 0 Å². The summed E-state index contributed by atoms with van der Waals surface area (Å²) in [6.07, 6.45) is 0. The fourth-order valence-corrected chi connectivity index (χ4v) is 11.9. The van der Waals surface area contributed by atoms with E-state index in [2.05, 4.69) is 203 Å². The number of aromatic nitrogens is 2. The Hall–Kier alpha value is -6.98. The van der Waals surface area contributed by atoms with Gasteiger partial charge in [0, 0.05) is 61.9 Å². The maximum absolute atomic E-state index is 2.51. The summed E-state index contributed by atoms with van der Waals surface area (Å²) in [6.45, 7) is 0. The van der Waals surface area contributed by atoms with Gasteiger partial charge in [0.1, 0.15) is 0 Å². The molecular weight excluding hydrogens is 741 g/mol. The zero-order valence-corrected chi connectivity index (χ0v) is 32.8. The molecule has 13 rings (SSSR count). The molecule has 0 atom stereocenters. The normalized spacial score (nSPS) is 12.1.